The molecule has 1 aromatic carbocycles. The van der Waals surface area contributed by atoms with Gasteiger partial charge in [0.1, 0.15) is 15.9 Å². The summed E-state index contributed by atoms with van der Waals surface area (Å²) in [6.45, 7) is 0. The van der Waals surface area contributed by atoms with Gasteiger partial charge in [0.15, 0.2) is 0 Å². The molecule has 0 amide bonds. The third-order valence-corrected chi connectivity index (χ3v) is 3.16. The summed E-state index contributed by atoms with van der Waals surface area (Å²) in [5.41, 5.74) is 6.25. The van der Waals surface area contributed by atoms with E-state index in [4.69, 9.17) is 10.3 Å². The van der Waals surface area contributed by atoms with E-state index in [2.05, 4.69) is 8.75 Å². The highest BCUT2D eigenvalue weighted by molar-refractivity contribution is 7.86. The van der Waals surface area contributed by atoms with E-state index in [9.17, 15) is 8.42 Å². The molecule has 0 aliphatic heterocycles. The fraction of sp³-hybridized carbons (Fsp3) is 0. The Bertz CT molecular complexity index is 589. The van der Waals surface area contributed by atoms with Crippen LogP contribution in [-0.2, 0) is 10.1 Å². The van der Waals surface area contributed by atoms with Crippen LogP contribution in [0.1, 0.15) is 0 Å². The Morgan fingerprint density at radius 3 is 2.71 bits per heavy atom. The first-order chi connectivity index (χ1) is 6.50. The zero-order valence-corrected chi connectivity index (χ0v) is 8.34. The summed E-state index contributed by atoms with van der Waals surface area (Å²) in [7, 11) is -4.29. The molecule has 0 radical (unpaired) electrons. The van der Waals surface area contributed by atoms with Crippen LogP contribution in [0.4, 0.5) is 5.69 Å². The smallest absolute Gasteiger partial charge is 0.296 e. The lowest BCUT2D eigenvalue weighted by Crippen LogP contribution is -2.03. The van der Waals surface area contributed by atoms with Gasteiger partial charge in [-0.05, 0) is 12.1 Å². The van der Waals surface area contributed by atoms with Crippen molar-refractivity contribution >= 4 is 38.6 Å². The topological polar surface area (TPSA) is 106 Å². The van der Waals surface area contributed by atoms with Gasteiger partial charge >= 0.3 is 0 Å². The molecule has 2 aromatic rings. The predicted octanol–water partition coefficient (Wildman–Crippen LogP) is 0.520. The summed E-state index contributed by atoms with van der Waals surface area (Å²) in [5.74, 6) is 0. The van der Waals surface area contributed by atoms with Crippen molar-refractivity contribution in [3.63, 3.8) is 0 Å². The number of hydrogen-bond donors (Lipinski definition) is 2. The van der Waals surface area contributed by atoms with E-state index in [0.717, 1.165) is 11.7 Å². The van der Waals surface area contributed by atoms with Crippen molar-refractivity contribution in [2.75, 3.05) is 5.73 Å². The first-order valence-corrected chi connectivity index (χ1v) is 5.65. The van der Waals surface area contributed by atoms with E-state index in [1.165, 1.54) is 12.1 Å². The Morgan fingerprint density at radius 1 is 1.36 bits per heavy atom. The van der Waals surface area contributed by atoms with E-state index >= 15 is 0 Å². The monoisotopic (exact) mass is 231 g/mol. The Labute approximate surface area is 83.4 Å². The number of hydrogen-bond acceptors (Lipinski definition) is 6. The van der Waals surface area contributed by atoms with Crippen LogP contribution >= 0.6 is 11.7 Å². The van der Waals surface area contributed by atoms with E-state index in [1.54, 1.807) is 0 Å². The lowest BCUT2D eigenvalue weighted by atomic mass is 10.3. The normalized spacial score (nSPS) is 12.1. The van der Waals surface area contributed by atoms with Gasteiger partial charge in [-0.2, -0.15) is 17.2 Å². The molecular formula is C6H5N3O3S2. The van der Waals surface area contributed by atoms with Crippen molar-refractivity contribution in [1.29, 1.82) is 0 Å². The van der Waals surface area contributed by atoms with Gasteiger partial charge in [-0.25, -0.2) is 0 Å². The number of nitrogen functional groups attached to an aromatic ring is 1. The molecule has 74 valence electrons. The summed E-state index contributed by atoms with van der Waals surface area (Å²) in [4.78, 5) is -0.335. The van der Waals surface area contributed by atoms with Crippen LogP contribution in [0.5, 0.6) is 0 Å². The molecule has 0 saturated heterocycles. The number of aromatic nitrogens is 2. The standard InChI is InChI=1S/C6H5N3O3S2/c7-5-4(14(10,11)12)2-1-3-6(5)9-13-8-3/h1-2H,7H2,(H,10,11,12). The lowest BCUT2D eigenvalue weighted by molar-refractivity contribution is 0.484. The number of nitrogens with two attached hydrogens (primary N) is 1. The lowest BCUT2D eigenvalue weighted by Gasteiger charge is -2.00. The second kappa shape index (κ2) is 2.87. The van der Waals surface area contributed by atoms with Gasteiger partial charge in [0.25, 0.3) is 10.1 Å². The SMILES string of the molecule is Nc1c(S(=O)(=O)O)ccc2nsnc12. The second-order valence-electron chi connectivity index (χ2n) is 2.58. The molecule has 8 heteroatoms. The molecule has 1 heterocycles. The number of fused-ring (bicyclic) bond motifs is 1. The molecule has 6 nitrogen and oxygen atoms in total. The van der Waals surface area contributed by atoms with Gasteiger partial charge in [-0.3, -0.25) is 4.55 Å². The van der Waals surface area contributed by atoms with Gasteiger partial charge in [0.2, 0.25) is 0 Å². The minimum Gasteiger partial charge on any atom is -0.396 e. The predicted molar refractivity (Wildman–Crippen MR) is 51.6 cm³/mol. The van der Waals surface area contributed by atoms with Crippen molar-refractivity contribution in [3.8, 4) is 0 Å². The zero-order chi connectivity index (χ0) is 10.3. The summed E-state index contributed by atoms with van der Waals surface area (Å²) in [5, 5.41) is 0. The van der Waals surface area contributed by atoms with Crippen molar-refractivity contribution in [3.05, 3.63) is 12.1 Å². The van der Waals surface area contributed by atoms with Gasteiger partial charge in [-0.1, -0.05) is 0 Å². The molecule has 1 aromatic heterocycles. The number of nitrogens with zero attached hydrogens (tertiary/aromatic N) is 2. The number of anilines is 1. The molecule has 0 unspecified atom stereocenters. The maximum Gasteiger partial charge on any atom is 0.296 e. The summed E-state index contributed by atoms with van der Waals surface area (Å²) < 4.78 is 38.2. The van der Waals surface area contributed by atoms with Crippen LogP contribution in [0.15, 0.2) is 17.0 Å². The summed E-state index contributed by atoms with van der Waals surface area (Å²) in [6.07, 6.45) is 0. The van der Waals surface area contributed by atoms with Crippen molar-refractivity contribution in [2.24, 2.45) is 0 Å². The highest BCUT2D eigenvalue weighted by Gasteiger charge is 2.17. The highest BCUT2D eigenvalue weighted by atomic mass is 32.2. The van der Waals surface area contributed by atoms with Crippen LogP contribution < -0.4 is 5.73 Å². The minimum atomic E-state index is -4.29. The fourth-order valence-corrected chi connectivity index (χ4v) is 2.24. The maximum absolute atomic E-state index is 10.9. The van der Waals surface area contributed by atoms with Gasteiger partial charge in [-0.15, -0.1) is 0 Å². The van der Waals surface area contributed by atoms with Crippen LogP contribution in [0, 0.1) is 0 Å². The van der Waals surface area contributed by atoms with E-state index in [0.29, 0.717) is 11.0 Å². The highest BCUT2D eigenvalue weighted by Crippen LogP contribution is 2.26. The molecule has 0 atom stereocenters. The molecule has 0 aliphatic carbocycles. The zero-order valence-electron chi connectivity index (χ0n) is 6.71. The van der Waals surface area contributed by atoms with Crippen LogP contribution in [0.25, 0.3) is 11.0 Å². The molecule has 14 heavy (non-hydrogen) atoms. The number of rotatable bonds is 1. The van der Waals surface area contributed by atoms with Crippen LogP contribution in [0.2, 0.25) is 0 Å². The molecule has 0 saturated carbocycles. The van der Waals surface area contributed by atoms with Crippen LogP contribution in [0.3, 0.4) is 0 Å². The van der Waals surface area contributed by atoms with Crippen molar-refractivity contribution < 1.29 is 13.0 Å². The summed E-state index contributed by atoms with van der Waals surface area (Å²) in [6, 6.07) is 2.65. The first-order valence-electron chi connectivity index (χ1n) is 3.48. The average molecular weight is 231 g/mol. The molecular weight excluding hydrogens is 226 g/mol. The first kappa shape index (κ1) is 9.31. The number of benzene rings is 1. The Morgan fingerprint density at radius 2 is 2.07 bits per heavy atom. The average Bonchev–Trinajstić information content (AvgIpc) is 2.50. The minimum absolute atomic E-state index is 0.0706. The Hall–Kier alpha value is -1.25. The Kier molecular flexibility index (Phi) is 1.91. The van der Waals surface area contributed by atoms with Crippen LogP contribution in [-0.4, -0.2) is 21.7 Å². The third kappa shape index (κ3) is 1.33. The van der Waals surface area contributed by atoms with Crippen molar-refractivity contribution in [2.45, 2.75) is 4.90 Å². The van der Waals surface area contributed by atoms with E-state index in [1.807, 2.05) is 0 Å². The fourth-order valence-electron chi connectivity index (χ4n) is 1.08. The molecule has 0 aliphatic rings. The van der Waals surface area contributed by atoms with E-state index in [-0.39, 0.29) is 10.6 Å². The molecule has 0 fully saturated rings. The van der Waals surface area contributed by atoms with Gasteiger partial charge in [0, 0.05) is 0 Å². The molecule has 2 rings (SSSR count). The van der Waals surface area contributed by atoms with Gasteiger partial charge in [0.05, 0.1) is 17.4 Å². The third-order valence-electron chi connectivity index (χ3n) is 1.70. The quantitative estimate of drug-likeness (QED) is 0.547. The molecule has 3 N–H and O–H groups in total. The van der Waals surface area contributed by atoms with E-state index < -0.39 is 10.1 Å². The second-order valence-corrected chi connectivity index (χ2v) is 4.50. The summed E-state index contributed by atoms with van der Waals surface area (Å²) >= 11 is 0.930. The van der Waals surface area contributed by atoms with Crippen molar-refractivity contribution in [1.82, 2.24) is 8.75 Å². The van der Waals surface area contributed by atoms with Gasteiger partial charge < -0.3 is 5.73 Å². The molecule has 0 bridgehead atoms. The maximum atomic E-state index is 10.9. The molecule has 0 spiro atoms. The largest absolute Gasteiger partial charge is 0.396 e. The Balaban J connectivity index is 2.88.